The Bertz CT molecular complexity index is 743. The summed E-state index contributed by atoms with van der Waals surface area (Å²) in [6.45, 7) is 3.92. The molecule has 1 saturated heterocycles. The number of nitrogen functional groups attached to an aromatic ring is 1. The maximum atomic E-state index is 10.7. The molecule has 0 radical (unpaired) electrons. The van der Waals surface area contributed by atoms with E-state index >= 15 is 0 Å². The van der Waals surface area contributed by atoms with Gasteiger partial charge >= 0.3 is 0 Å². The minimum atomic E-state index is -1.28. The summed E-state index contributed by atoms with van der Waals surface area (Å²) in [5.41, 5.74) is 5.91. The molecule has 2 aromatic rings. The Labute approximate surface area is 120 Å². The molecule has 3 heterocycles. The van der Waals surface area contributed by atoms with Crippen molar-refractivity contribution in [1.82, 2.24) is 14.5 Å². The maximum absolute atomic E-state index is 10.7. The van der Waals surface area contributed by atoms with E-state index in [1.165, 1.54) is 6.33 Å². The highest BCUT2D eigenvalue weighted by atomic mass is 16.6. The Balaban J connectivity index is 1.80. The van der Waals surface area contributed by atoms with Gasteiger partial charge in [-0.25, -0.2) is 9.97 Å². The van der Waals surface area contributed by atoms with Gasteiger partial charge in [-0.05, 0) is 24.5 Å². The number of aliphatic hydroxyl groups excluding tert-OH is 1. The van der Waals surface area contributed by atoms with Crippen molar-refractivity contribution in [2.24, 2.45) is 0 Å². The van der Waals surface area contributed by atoms with Gasteiger partial charge in [0.05, 0.1) is 5.39 Å². The summed E-state index contributed by atoms with van der Waals surface area (Å²) in [5, 5.41) is 21.9. The van der Waals surface area contributed by atoms with Crippen LogP contribution in [0.25, 0.3) is 11.0 Å². The Morgan fingerprint density at radius 1 is 1.48 bits per heavy atom. The SMILES string of the molecule is C=C1CC[C@@]2(O)[C@@H]1O[C@@H](n1ccc3c(N)ncnc31)[C@@H]2O. The molecule has 2 aromatic heterocycles. The summed E-state index contributed by atoms with van der Waals surface area (Å²) in [4.78, 5) is 8.13. The van der Waals surface area contributed by atoms with E-state index in [1.807, 2.05) is 0 Å². The van der Waals surface area contributed by atoms with Crippen molar-refractivity contribution in [3.8, 4) is 0 Å². The van der Waals surface area contributed by atoms with Gasteiger partial charge in [-0.1, -0.05) is 6.58 Å². The van der Waals surface area contributed by atoms with E-state index in [-0.39, 0.29) is 0 Å². The molecule has 2 aliphatic rings. The van der Waals surface area contributed by atoms with Gasteiger partial charge in [-0.2, -0.15) is 0 Å². The predicted octanol–water partition coefficient (Wildman–Crippen LogP) is 0.353. The molecular formula is C14H16N4O3. The lowest BCUT2D eigenvalue weighted by Crippen LogP contribution is -2.44. The standard InChI is InChI=1S/C14H16N4O3/c1-7-2-4-14(20)9(19)13(21-10(7)14)18-5-3-8-11(15)16-6-17-12(8)18/h3,5-6,9-10,13,19-20H,1-2,4H2,(H2,15,16,17)/t9-,10+,13+,14-/m0/s1. The number of nitrogens with zero attached hydrogens (tertiary/aromatic N) is 3. The van der Waals surface area contributed by atoms with Gasteiger partial charge < -0.3 is 25.3 Å². The van der Waals surface area contributed by atoms with Gasteiger partial charge in [0.15, 0.2) is 6.23 Å². The first-order valence-corrected chi connectivity index (χ1v) is 6.83. The third-order valence-corrected chi connectivity index (χ3v) is 4.54. The van der Waals surface area contributed by atoms with Crippen molar-refractivity contribution in [3.05, 3.63) is 30.7 Å². The van der Waals surface area contributed by atoms with Crippen LogP contribution in [0.5, 0.6) is 0 Å². The summed E-state index contributed by atoms with van der Waals surface area (Å²) < 4.78 is 7.55. The number of aliphatic hydroxyl groups is 2. The molecule has 0 spiro atoms. The molecule has 0 amide bonds. The maximum Gasteiger partial charge on any atom is 0.165 e. The molecule has 4 rings (SSSR count). The molecule has 1 aliphatic carbocycles. The molecule has 0 unspecified atom stereocenters. The first-order valence-electron chi connectivity index (χ1n) is 6.83. The monoisotopic (exact) mass is 288 g/mol. The lowest BCUT2D eigenvalue weighted by Gasteiger charge is -2.25. The van der Waals surface area contributed by atoms with E-state index in [2.05, 4.69) is 16.5 Å². The second-order valence-electron chi connectivity index (χ2n) is 5.72. The van der Waals surface area contributed by atoms with E-state index in [9.17, 15) is 10.2 Å². The van der Waals surface area contributed by atoms with Crippen LogP contribution in [0.3, 0.4) is 0 Å². The van der Waals surface area contributed by atoms with E-state index in [0.29, 0.717) is 29.7 Å². The fourth-order valence-electron chi connectivity index (χ4n) is 3.37. The highest BCUT2D eigenvalue weighted by Crippen LogP contribution is 2.49. The van der Waals surface area contributed by atoms with Gasteiger partial charge in [0, 0.05) is 6.20 Å². The van der Waals surface area contributed by atoms with Crippen LogP contribution >= 0.6 is 0 Å². The summed E-state index contributed by atoms with van der Waals surface area (Å²) in [5.74, 6) is 0.370. The lowest BCUT2D eigenvalue weighted by molar-refractivity contribution is -0.0628. The van der Waals surface area contributed by atoms with Gasteiger partial charge in [0.1, 0.15) is 35.6 Å². The zero-order valence-corrected chi connectivity index (χ0v) is 11.3. The minimum absolute atomic E-state index is 0.370. The molecule has 4 atom stereocenters. The lowest BCUT2D eigenvalue weighted by atomic mass is 9.94. The number of hydrogen-bond acceptors (Lipinski definition) is 6. The molecule has 0 aromatic carbocycles. The molecule has 7 heteroatoms. The largest absolute Gasteiger partial charge is 0.385 e. The first-order chi connectivity index (χ1) is 10.0. The van der Waals surface area contributed by atoms with Crippen molar-refractivity contribution < 1.29 is 14.9 Å². The Kier molecular flexibility index (Phi) is 2.45. The van der Waals surface area contributed by atoms with Crippen molar-refractivity contribution in [2.75, 3.05) is 5.73 Å². The molecule has 7 nitrogen and oxygen atoms in total. The molecule has 1 aliphatic heterocycles. The third-order valence-electron chi connectivity index (χ3n) is 4.54. The Morgan fingerprint density at radius 3 is 3.05 bits per heavy atom. The third kappa shape index (κ3) is 1.53. The number of aromatic nitrogens is 3. The van der Waals surface area contributed by atoms with Gasteiger partial charge in [-0.15, -0.1) is 0 Å². The minimum Gasteiger partial charge on any atom is -0.385 e. The number of fused-ring (bicyclic) bond motifs is 2. The second-order valence-corrected chi connectivity index (χ2v) is 5.72. The van der Waals surface area contributed by atoms with Crippen LogP contribution < -0.4 is 5.73 Å². The normalized spacial score (nSPS) is 35.5. The van der Waals surface area contributed by atoms with Gasteiger partial charge in [-0.3, -0.25) is 0 Å². The fourth-order valence-corrected chi connectivity index (χ4v) is 3.37. The average molecular weight is 288 g/mol. The summed E-state index contributed by atoms with van der Waals surface area (Å²) in [6, 6.07) is 1.77. The molecular weight excluding hydrogens is 272 g/mol. The number of ether oxygens (including phenoxy) is 1. The van der Waals surface area contributed by atoms with E-state index in [4.69, 9.17) is 10.5 Å². The average Bonchev–Trinajstić information content (AvgIpc) is 3.07. The van der Waals surface area contributed by atoms with E-state index in [0.717, 1.165) is 5.57 Å². The van der Waals surface area contributed by atoms with Crippen LogP contribution in [-0.2, 0) is 4.74 Å². The summed E-state index contributed by atoms with van der Waals surface area (Å²) in [6.07, 6.45) is 1.89. The molecule has 0 bridgehead atoms. The molecule has 2 fully saturated rings. The Morgan fingerprint density at radius 2 is 2.29 bits per heavy atom. The molecule has 110 valence electrons. The van der Waals surface area contributed by atoms with E-state index in [1.54, 1.807) is 16.8 Å². The number of anilines is 1. The fraction of sp³-hybridized carbons (Fsp3) is 0.429. The van der Waals surface area contributed by atoms with Crippen LogP contribution in [0.4, 0.5) is 5.82 Å². The van der Waals surface area contributed by atoms with Crippen LogP contribution in [0.1, 0.15) is 19.1 Å². The molecule has 21 heavy (non-hydrogen) atoms. The predicted molar refractivity (Wildman–Crippen MR) is 75.2 cm³/mol. The van der Waals surface area contributed by atoms with Crippen LogP contribution in [-0.4, -0.2) is 42.6 Å². The first kappa shape index (κ1) is 12.8. The van der Waals surface area contributed by atoms with Crippen LogP contribution in [0.2, 0.25) is 0 Å². The number of hydrogen-bond donors (Lipinski definition) is 3. The van der Waals surface area contributed by atoms with Crippen LogP contribution in [0, 0.1) is 0 Å². The molecule has 4 N–H and O–H groups in total. The van der Waals surface area contributed by atoms with Gasteiger partial charge in [0.25, 0.3) is 0 Å². The van der Waals surface area contributed by atoms with Crippen molar-refractivity contribution >= 4 is 16.9 Å². The quantitative estimate of drug-likeness (QED) is 0.654. The topological polar surface area (TPSA) is 106 Å². The van der Waals surface area contributed by atoms with E-state index < -0.39 is 24.0 Å². The highest BCUT2D eigenvalue weighted by Gasteiger charge is 2.59. The van der Waals surface area contributed by atoms with Crippen molar-refractivity contribution in [2.45, 2.75) is 36.9 Å². The van der Waals surface area contributed by atoms with Crippen molar-refractivity contribution in [3.63, 3.8) is 0 Å². The van der Waals surface area contributed by atoms with Crippen LogP contribution in [0.15, 0.2) is 30.7 Å². The van der Waals surface area contributed by atoms with Crippen molar-refractivity contribution in [1.29, 1.82) is 0 Å². The molecule has 1 saturated carbocycles. The zero-order valence-electron chi connectivity index (χ0n) is 11.3. The zero-order chi connectivity index (χ0) is 14.8. The summed E-state index contributed by atoms with van der Waals surface area (Å²) >= 11 is 0. The smallest absolute Gasteiger partial charge is 0.165 e. The highest BCUT2D eigenvalue weighted by molar-refractivity contribution is 5.86. The second kappa shape index (κ2) is 4.03. The van der Waals surface area contributed by atoms with Gasteiger partial charge in [0.2, 0.25) is 0 Å². The summed E-state index contributed by atoms with van der Waals surface area (Å²) in [7, 11) is 0. The number of rotatable bonds is 1. The Hall–Kier alpha value is -1.96. The number of nitrogens with two attached hydrogens (primary N) is 1.